The molecule has 0 saturated carbocycles. The Morgan fingerprint density at radius 3 is 2.32 bits per heavy atom. The number of nitrogens with zero attached hydrogens (tertiary/aromatic N) is 3. The molecule has 3 rings (SSSR count). The van der Waals surface area contributed by atoms with Crippen LogP contribution in [-0.2, 0) is 0 Å². The largest absolute Gasteiger partial charge is 0.477 e. The van der Waals surface area contributed by atoms with Crippen molar-refractivity contribution in [2.45, 2.75) is 27.7 Å². The fourth-order valence-electron chi connectivity index (χ4n) is 2.88. The van der Waals surface area contributed by atoms with E-state index in [2.05, 4.69) is 10.1 Å². The summed E-state index contributed by atoms with van der Waals surface area (Å²) in [6, 6.07) is 7.63. The molecule has 112 valence electrons. The van der Waals surface area contributed by atoms with E-state index in [0.717, 1.165) is 33.6 Å². The molecule has 0 aliphatic rings. The third-order valence-corrected chi connectivity index (χ3v) is 3.89. The van der Waals surface area contributed by atoms with Gasteiger partial charge in [-0.3, -0.25) is 0 Å². The second-order valence-corrected chi connectivity index (χ2v) is 5.55. The molecule has 2 aromatic heterocycles. The number of aromatic nitrogens is 3. The van der Waals surface area contributed by atoms with Crippen LogP contribution in [0.15, 0.2) is 24.3 Å². The monoisotopic (exact) mass is 295 g/mol. The van der Waals surface area contributed by atoms with E-state index in [4.69, 9.17) is 0 Å². The van der Waals surface area contributed by atoms with Crippen molar-refractivity contribution in [3.05, 3.63) is 52.5 Å². The Labute approximate surface area is 128 Å². The summed E-state index contributed by atoms with van der Waals surface area (Å²) in [7, 11) is 0. The Bertz CT molecular complexity index is 890. The molecule has 5 nitrogen and oxygen atoms in total. The van der Waals surface area contributed by atoms with Crippen molar-refractivity contribution in [2.75, 3.05) is 0 Å². The normalized spacial score (nSPS) is 11.1. The number of carboxylic acid groups (broad SMARTS) is 1. The van der Waals surface area contributed by atoms with Gasteiger partial charge in [0.2, 0.25) is 0 Å². The van der Waals surface area contributed by atoms with Gasteiger partial charge in [0.25, 0.3) is 0 Å². The highest BCUT2D eigenvalue weighted by atomic mass is 16.4. The second-order valence-electron chi connectivity index (χ2n) is 5.55. The fraction of sp³-hybridized carbons (Fsp3) is 0.235. The lowest BCUT2D eigenvalue weighted by Crippen LogP contribution is -2.05. The maximum Gasteiger partial charge on any atom is 0.354 e. The summed E-state index contributed by atoms with van der Waals surface area (Å²) in [6.45, 7) is 7.84. The van der Waals surface area contributed by atoms with Crippen molar-refractivity contribution in [1.82, 2.24) is 14.6 Å². The smallest absolute Gasteiger partial charge is 0.354 e. The van der Waals surface area contributed by atoms with Crippen molar-refractivity contribution in [1.29, 1.82) is 0 Å². The second kappa shape index (κ2) is 4.94. The first-order valence-corrected chi connectivity index (χ1v) is 7.07. The number of hydrogen-bond acceptors (Lipinski definition) is 3. The van der Waals surface area contributed by atoms with E-state index in [9.17, 15) is 9.90 Å². The van der Waals surface area contributed by atoms with Gasteiger partial charge in [0.1, 0.15) is 0 Å². The van der Waals surface area contributed by atoms with Gasteiger partial charge in [-0.15, -0.1) is 0 Å². The standard InChI is InChI=1S/C17H17N3O2/c1-9-6-5-7-10(2)14(9)15-12(4)19-20-11(3)8-13(17(21)22)18-16(15)20/h5-8H,1-4H3,(H,21,22). The molecule has 0 fully saturated rings. The molecule has 0 saturated heterocycles. The van der Waals surface area contributed by atoms with Crippen molar-refractivity contribution < 1.29 is 9.90 Å². The highest BCUT2D eigenvalue weighted by molar-refractivity contribution is 5.89. The van der Waals surface area contributed by atoms with Crippen LogP contribution in [0.2, 0.25) is 0 Å². The molecule has 5 heteroatoms. The van der Waals surface area contributed by atoms with Gasteiger partial charge in [-0.25, -0.2) is 14.3 Å². The van der Waals surface area contributed by atoms with Gasteiger partial charge < -0.3 is 5.11 Å². The molecule has 0 unspecified atom stereocenters. The topological polar surface area (TPSA) is 67.5 Å². The molecule has 0 aliphatic carbocycles. The summed E-state index contributed by atoms with van der Waals surface area (Å²) in [5.41, 5.74) is 6.45. The maximum absolute atomic E-state index is 11.3. The number of aryl methyl sites for hydroxylation is 4. The first-order valence-electron chi connectivity index (χ1n) is 7.07. The molecule has 0 bridgehead atoms. The van der Waals surface area contributed by atoms with E-state index < -0.39 is 5.97 Å². The van der Waals surface area contributed by atoms with Crippen LogP contribution in [0.5, 0.6) is 0 Å². The SMILES string of the molecule is Cc1cccc(C)c1-c1c(C)nn2c(C)cc(C(=O)O)nc12. The van der Waals surface area contributed by atoms with E-state index in [0.29, 0.717) is 5.65 Å². The number of benzene rings is 1. The molecule has 0 aliphatic heterocycles. The first-order chi connectivity index (χ1) is 10.4. The maximum atomic E-state index is 11.3. The minimum atomic E-state index is -1.03. The average molecular weight is 295 g/mol. The van der Waals surface area contributed by atoms with Gasteiger partial charge in [-0.2, -0.15) is 5.10 Å². The predicted octanol–water partition coefficient (Wildman–Crippen LogP) is 3.33. The molecule has 0 spiro atoms. The van der Waals surface area contributed by atoms with Crippen LogP contribution < -0.4 is 0 Å². The molecule has 0 atom stereocenters. The van der Waals surface area contributed by atoms with Crippen molar-refractivity contribution in [3.8, 4) is 11.1 Å². The summed E-state index contributed by atoms with van der Waals surface area (Å²) in [5.74, 6) is -1.03. The molecule has 0 radical (unpaired) electrons. The molecular formula is C17H17N3O2. The van der Waals surface area contributed by atoms with Gasteiger partial charge in [-0.05, 0) is 50.5 Å². The minimum absolute atomic E-state index is 0.0392. The molecule has 0 amide bonds. The lowest BCUT2D eigenvalue weighted by Gasteiger charge is -2.09. The number of rotatable bonds is 2. The van der Waals surface area contributed by atoms with Gasteiger partial charge in [0.05, 0.1) is 11.3 Å². The lowest BCUT2D eigenvalue weighted by atomic mass is 9.96. The van der Waals surface area contributed by atoms with E-state index in [1.807, 2.05) is 45.9 Å². The summed E-state index contributed by atoms with van der Waals surface area (Å²) >= 11 is 0. The molecule has 2 heterocycles. The number of fused-ring (bicyclic) bond motifs is 1. The third kappa shape index (κ3) is 2.06. The third-order valence-electron chi connectivity index (χ3n) is 3.89. The zero-order valence-electron chi connectivity index (χ0n) is 13.0. The van der Waals surface area contributed by atoms with Crippen LogP contribution in [0.4, 0.5) is 0 Å². The fourth-order valence-corrected chi connectivity index (χ4v) is 2.88. The van der Waals surface area contributed by atoms with Crippen LogP contribution in [0, 0.1) is 27.7 Å². The van der Waals surface area contributed by atoms with Crippen LogP contribution in [0.25, 0.3) is 16.8 Å². The molecule has 1 N–H and O–H groups in total. The zero-order valence-corrected chi connectivity index (χ0v) is 13.0. The summed E-state index contributed by atoms with van der Waals surface area (Å²) in [5, 5.41) is 13.8. The van der Waals surface area contributed by atoms with Crippen LogP contribution in [-0.4, -0.2) is 25.7 Å². The minimum Gasteiger partial charge on any atom is -0.477 e. The summed E-state index contributed by atoms with van der Waals surface area (Å²) < 4.78 is 1.71. The van der Waals surface area contributed by atoms with E-state index in [1.165, 1.54) is 6.07 Å². The van der Waals surface area contributed by atoms with Gasteiger partial charge in [-0.1, -0.05) is 18.2 Å². The highest BCUT2D eigenvalue weighted by Gasteiger charge is 2.19. The van der Waals surface area contributed by atoms with Crippen LogP contribution >= 0.6 is 0 Å². The predicted molar refractivity (Wildman–Crippen MR) is 84.3 cm³/mol. The summed E-state index contributed by atoms with van der Waals surface area (Å²) in [6.07, 6.45) is 0. The van der Waals surface area contributed by atoms with Crippen LogP contribution in [0.3, 0.4) is 0 Å². The Morgan fingerprint density at radius 2 is 1.73 bits per heavy atom. The van der Waals surface area contributed by atoms with Crippen molar-refractivity contribution in [2.24, 2.45) is 0 Å². The van der Waals surface area contributed by atoms with Gasteiger partial charge >= 0.3 is 5.97 Å². The highest BCUT2D eigenvalue weighted by Crippen LogP contribution is 2.33. The van der Waals surface area contributed by atoms with Crippen molar-refractivity contribution >= 4 is 11.6 Å². The molecule has 3 aromatic rings. The molecule has 22 heavy (non-hydrogen) atoms. The number of carboxylic acids is 1. The first kappa shape index (κ1) is 14.3. The Hall–Kier alpha value is -2.69. The average Bonchev–Trinajstić information content (AvgIpc) is 2.76. The Balaban J connectivity index is 2.44. The van der Waals surface area contributed by atoms with E-state index in [1.54, 1.807) is 4.52 Å². The number of aromatic carboxylic acids is 1. The Kier molecular flexibility index (Phi) is 3.20. The van der Waals surface area contributed by atoms with E-state index in [-0.39, 0.29) is 5.69 Å². The summed E-state index contributed by atoms with van der Waals surface area (Å²) in [4.78, 5) is 15.6. The Morgan fingerprint density at radius 1 is 1.09 bits per heavy atom. The molecular weight excluding hydrogens is 278 g/mol. The molecule has 1 aromatic carbocycles. The van der Waals surface area contributed by atoms with Crippen molar-refractivity contribution in [3.63, 3.8) is 0 Å². The number of carbonyl (C=O) groups is 1. The lowest BCUT2D eigenvalue weighted by molar-refractivity contribution is 0.0690. The van der Waals surface area contributed by atoms with Gasteiger partial charge in [0.15, 0.2) is 11.3 Å². The van der Waals surface area contributed by atoms with Gasteiger partial charge in [0, 0.05) is 5.69 Å². The number of hydrogen-bond donors (Lipinski definition) is 1. The van der Waals surface area contributed by atoms with Crippen LogP contribution in [0.1, 0.15) is 33.0 Å². The quantitative estimate of drug-likeness (QED) is 0.787. The van der Waals surface area contributed by atoms with E-state index >= 15 is 0 Å². The zero-order chi connectivity index (χ0) is 16.0.